The Labute approximate surface area is 137 Å². The summed E-state index contributed by atoms with van der Waals surface area (Å²) < 4.78 is 15.0. The van der Waals surface area contributed by atoms with Crippen molar-refractivity contribution in [1.29, 1.82) is 0 Å². The molecule has 1 unspecified atom stereocenters. The molecule has 0 bridgehead atoms. The Morgan fingerprint density at radius 1 is 1.29 bits per heavy atom. The Bertz CT molecular complexity index is 631. The van der Waals surface area contributed by atoms with Gasteiger partial charge in [-0.15, -0.1) is 0 Å². The van der Waals surface area contributed by atoms with E-state index in [9.17, 15) is 19.7 Å². The van der Waals surface area contributed by atoms with Crippen molar-refractivity contribution in [3.8, 4) is 11.5 Å². The number of carbonyl (C=O) groups is 2. The van der Waals surface area contributed by atoms with Gasteiger partial charge < -0.3 is 25.1 Å². The first-order valence-corrected chi connectivity index (χ1v) is 6.83. The molecular weight excluding hydrogens is 324 g/mol. The van der Waals surface area contributed by atoms with Crippen LogP contribution in [0.3, 0.4) is 0 Å². The lowest BCUT2D eigenvalue weighted by Crippen LogP contribution is -2.30. The van der Waals surface area contributed by atoms with Crippen molar-refractivity contribution in [2.75, 3.05) is 14.2 Å². The fraction of sp³-hybridized carbons (Fsp3) is 0.429. The van der Waals surface area contributed by atoms with Crippen molar-refractivity contribution >= 4 is 17.6 Å². The predicted molar refractivity (Wildman–Crippen MR) is 80.8 cm³/mol. The van der Waals surface area contributed by atoms with Gasteiger partial charge in [0, 0.05) is 6.42 Å². The van der Waals surface area contributed by atoms with Gasteiger partial charge in [0.1, 0.15) is 12.6 Å². The van der Waals surface area contributed by atoms with E-state index in [4.69, 9.17) is 25.1 Å². The van der Waals surface area contributed by atoms with Crippen molar-refractivity contribution in [3.05, 3.63) is 27.8 Å². The molecule has 0 saturated carbocycles. The van der Waals surface area contributed by atoms with Crippen molar-refractivity contribution in [1.82, 2.24) is 0 Å². The number of carboxylic acid groups (broad SMARTS) is 1. The third-order valence-electron chi connectivity index (χ3n) is 3.15. The highest BCUT2D eigenvalue weighted by Gasteiger charge is 2.21. The van der Waals surface area contributed by atoms with Crippen molar-refractivity contribution in [2.45, 2.75) is 25.5 Å². The summed E-state index contributed by atoms with van der Waals surface area (Å²) in [6, 6.07) is 1.34. The number of hydrogen-bond donors (Lipinski definition) is 2. The average Bonchev–Trinajstić information content (AvgIpc) is 2.56. The number of carbonyl (C=O) groups excluding carboxylic acids is 1. The minimum absolute atomic E-state index is 0.0950. The van der Waals surface area contributed by atoms with E-state index < -0.39 is 22.9 Å². The van der Waals surface area contributed by atoms with Gasteiger partial charge in [0.05, 0.1) is 30.8 Å². The minimum atomic E-state index is -1.22. The standard InChI is InChI=1S/C14H18N2O8/c1-22-11-5-8(10(16(20)21)6-12(11)23-2)7-24-13(17)4-3-9(15)14(18)19/h5-6,9H,3-4,7,15H2,1-2H3,(H,18,19). The number of aliphatic carboxylic acids is 1. The van der Waals surface area contributed by atoms with Crippen molar-refractivity contribution in [2.24, 2.45) is 5.73 Å². The number of rotatable bonds is 9. The van der Waals surface area contributed by atoms with Gasteiger partial charge in [-0.3, -0.25) is 19.7 Å². The lowest BCUT2D eigenvalue weighted by Gasteiger charge is -2.11. The van der Waals surface area contributed by atoms with Crippen LogP contribution in [0.25, 0.3) is 0 Å². The smallest absolute Gasteiger partial charge is 0.320 e. The lowest BCUT2D eigenvalue weighted by atomic mass is 10.1. The molecule has 0 amide bonds. The van der Waals surface area contributed by atoms with E-state index in [1.54, 1.807) is 0 Å². The molecule has 0 fully saturated rings. The highest BCUT2D eigenvalue weighted by atomic mass is 16.6. The molecule has 24 heavy (non-hydrogen) atoms. The van der Waals surface area contributed by atoms with Crippen LogP contribution in [0.4, 0.5) is 5.69 Å². The zero-order valence-electron chi connectivity index (χ0n) is 13.2. The van der Waals surface area contributed by atoms with E-state index in [1.807, 2.05) is 0 Å². The summed E-state index contributed by atoms with van der Waals surface area (Å²) in [4.78, 5) is 32.6. The Morgan fingerprint density at radius 2 is 1.88 bits per heavy atom. The quantitative estimate of drug-likeness (QED) is 0.378. The average molecular weight is 342 g/mol. The largest absolute Gasteiger partial charge is 0.493 e. The summed E-state index contributed by atoms with van der Waals surface area (Å²) >= 11 is 0. The van der Waals surface area contributed by atoms with E-state index in [0.29, 0.717) is 0 Å². The highest BCUT2D eigenvalue weighted by molar-refractivity contribution is 5.75. The van der Waals surface area contributed by atoms with Gasteiger partial charge in [-0.25, -0.2) is 0 Å². The second-order valence-corrected chi connectivity index (χ2v) is 4.74. The molecule has 0 spiro atoms. The van der Waals surface area contributed by atoms with Crippen LogP contribution in [0.5, 0.6) is 11.5 Å². The maximum absolute atomic E-state index is 11.6. The number of methoxy groups -OCH3 is 2. The number of hydrogen-bond acceptors (Lipinski definition) is 8. The van der Waals surface area contributed by atoms with Crippen molar-refractivity contribution < 1.29 is 33.8 Å². The van der Waals surface area contributed by atoms with E-state index in [0.717, 1.165) is 0 Å². The monoisotopic (exact) mass is 342 g/mol. The van der Waals surface area contributed by atoms with Crippen LogP contribution in [0.2, 0.25) is 0 Å². The third kappa shape index (κ3) is 5.09. The number of nitrogens with two attached hydrogens (primary N) is 1. The number of nitrogens with zero attached hydrogens (tertiary/aromatic N) is 1. The number of esters is 1. The molecule has 132 valence electrons. The summed E-state index contributed by atoms with van der Waals surface area (Å²) in [6.07, 6.45) is -0.309. The van der Waals surface area contributed by atoms with E-state index in [-0.39, 0.29) is 42.2 Å². The normalized spacial score (nSPS) is 11.5. The zero-order chi connectivity index (χ0) is 18.3. The first kappa shape index (κ1) is 19.2. The van der Waals surface area contributed by atoms with Crippen LogP contribution < -0.4 is 15.2 Å². The fourth-order valence-electron chi connectivity index (χ4n) is 1.82. The molecule has 0 aromatic heterocycles. The summed E-state index contributed by atoms with van der Waals surface area (Å²) in [6.45, 7) is -0.363. The molecule has 1 aromatic carbocycles. The Balaban J connectivity index is 2.81. The summed E-state index contributed by atoms with van der Waals surface area (Å²) in [5.41, 5.74) is 5.11. The maximum atomic E-state index is 11.6. The Kier molecular flexibility index (Phi) is 6.93. The number of nitro groups is 1. The summed E-state index contributed by atoms with van der Waals surface area (Å²) in [7, 11) is 2.71. The fourth-order valence-corrected chi connectivity index (χ4v) is 1.82. The number of ether oxygens (including phenoxy) is 3. The van der Waals surface area contributed by atoms with Gasteiger partial charge in [0.15, 0.2) is 11.5 Å². The lowest BCUT2D eigenvalue weighted by molar-refractivity contribution is -0.385. The number of nitro benzene ring substituents is 1. The summed E-state index contributed by atoms with van der Waals surface area (Å²) in [5.74, 6) is -1.51. The van der Waals surface area contributed by atoms with Gasteiger partial charge in [0.25, 0.3) is 5.69 Å². The molecule has 0 radical (unpaired) electrons. The number of carboxylic acids is 1. The number of benzene rings is 1. The molecule has 0 saturated heterocycles. The van der Waals surface area contributed by atoms with Gasteiger partial charge in [-0.05, 0) is 12.5 Å². The second-order valence-electron chi connectivity index (χ2n) is 4.74. The van der Waals surface area contributed by atoms with Gasteiger partial charge >= 0.3 is 11.9 Å². The van der Waals surface area contributed by atoms with Crippen LogP contribution >= 0.6 is 0 Å². The van der Waals surface area contributed by atoms with E-state index in [1.165, 1.54) is 26.4 Å². The molecule has 0 aliphatic heterocycles. The van der Waals surface area contributed by atoms with Crippen LogP contribution in [0.1, 0.15) is 18.4 Å². The molecule has 0 aliphatic carbocycles. The summed E-state index contributed by atoms with van der Waals surface area (Å²) in [5, 5.41) is 19.7. The molecule has 0 heterocycles. The molecule has 10 heteroatoms. The second kappa shape index (κ2) is 8.67. The third-order valence-corrected chi connectivity index (χ3v) is 3.15. The van der Waals surface area contributed by atoms with Crippen molar-refractivity contribution in [3.63, 3.8) is 0 Å². The maximum Gasteiger partial charge on any atom is 0.320 e. The van der Waals surface area contributed by atoms with Gasteiger partial charge in [-0.1, -0.05) is 0 Å². The minimum Gasteiger partial charge on any atom is -0.493 e. The van der Waals surface area contributed by atoms with Gasteiger partial charge in [0.2, 0.25) is 0 Å². The zero-order valence-corrected chi connectivity index (χ0v) is 13.2. The van der Waals surface area contributed by atoms with E-state index in [2.05, 4.69) is 0 Å². The first-order chi connectivity index (χ1) is 11.3. The predicted octanol–water partition coefficient (Wildman–Crippen LogP) is 0.847. The molecule has 1 aromatic rings. The van der Waals surface area contributed by atoms with Crippen LogP contribution in [0, 0.1) is 10.1 Å². The highest BCUT2D eigenvalue weighted by Crippen LogP contribution is 2.34. The molecular formula is C14H18N2O8. The molecule has 10 nitrogen and oxygen atoms in total. The Hall–Kier alpha value is -2.88. The van der Waals surface area contributed by atoms with E-state index >= 15 is 0 Å². The van der Waals surface area contributed by atoms with Gasteiger partial charge in [-0.2, -0.15) is 0 Å². The SMILES string of the molecule is COc1cc(COC(=O)CCC(N)C(=O)O)c([N+](=O)[O-])cc1OC. The molecule has 1 atom stereocenters. The first-order valence-electron chi connectivity index (χ1n) is 6.83. The molecule has 0 aliphatic rings. The Morgan fingerprint density at radius 3 is 2.38 bits per heavy atom. The van der Waals surface area contributed by atoms with Crippen LogP contribution in [-0.2, 0) is 20.9 Å². The van der Waals surface area contributed by atoms with Crippen LogP contribution in [-0.4, -0.2) is 42.2 Å². The molecule has 1 rings (SSSR count). The molecule has 3 N–H and O–H groups in total. The van der Waals surface area contributed by atoms with Crippen LogP contribution in [0.15, 0.2) is 12.1 Å². The topological polar surface area (TPSA) is 151 Å².